The Balaban J connectivity index is 2.47. The fourth-order valence-corrected chi connectivity index (χ4v) is 2.00. The fraction of sp³-hybridized carbons (Fsp3) is 0.400. The highest BCUT2D eigenvalue weighted by Crippen LogP contribution is 2.27. The molecular formula is C10H11ClFN. The lowest BCUT2D eigenvalue weighted by molar-refractivity contribution is 0.312. The molecule has 0 aromatic heterocycles. The summed E-state index contributed by atoms with van der Waals surface area (Å²) in [6.45, 7) is 1.82. The summed E-state index contributed by atoms with van der Waals surface area (Å²) in [6.07, 6.45) is 0.850. The van der Waals surface area contributed by atoms with E-state index in [1.54, 1.807) is 0 Å². The van der Waals surface area contributed by atoms with E-state index in [0.29, 0.717) is 5.02 Å². The summed E-state index contributed by atoms with van der Waals surface area (Å²) >= 11 is 5.87. The number of halogens is 2. The van der Waals surface area contributed by atoms with E-state index in [4.69, 9.17) is 11.6 Å². The summed E-state index contributed by atoms with van der Waals surface area (Å²) < 4.78 is 13.1. The van der Waals surface area contributed by atoms with Crippen LogP contribution in [-0.4, -0.2) is 18.5 Å². The average Bonchev–Trinajstić information content (AvgIpc) is 2.12. The van der Waals surface area contributed by atoms with Crippen molar-refractivity contribution in [3.63, 3.8) is 0 Å². The first kappa shape index (κ1) is 8.97. The summed E-state index contributed by atoms with van der Waals surface area (Å²) in [6, 6.07) is 3.27. The zero-order chi connectivity index (χ0) is 9.42. The van der Waals surface area contributed by atoms with Crippen molar-refractivity contribution in [3.8, 4) is 0 Å². The van der Waals surface area contributed by atoms with Crippen LogP contribution in [0.3, 0.4) is 0 Å². The van der Waals surface area contributed by atoms with E-state index in [-0.39, 0.29) is 5.82 Å². The molecule has 0 amide bonds. The van der Waals surface area contributed by atoms with Crippen molar-refractivity contribution in [2.24, 2.45) is 0 Å². The van der Waals surface area contributed by atoms with Gasteiger partial charge in [-0.1, -0.05) is 17.7 Å². The van der Waals surface area contributed by atoms with Crippen LogP contribution >= 0.6 is 11.6 Å². The molecule has 1 heterocycles. The van der Waals surface area contributed by atoms with E-state index in [2.05, 4.69) is 11.9 Å². The third kappa shape index (κ3) is 1.56. The van der Waals surface area contributed by atoms with E-state index in [0.717, 1.165) is 30.6 Å². The molecule has 0 radical (unpaired) electrons. The molecule has 0 N–H and O–H groups in total. The van der Waals surface area contributed by atoms with Gasteiger partial charge in [0.1, 0.15) is 5.82 Å². The van der Waals surface area contributed by atoms with Gasteiger partial charge in [-0.05, 0) is 30.7 Å². The molecule has 0 unspecified atom stereocenters. The molecule has 1 aromatic carbocycles. The van der Waals surface area contributed by atoms with Gasteiger partial charge >= 0.3 is 0 Å². The predicted octanol–water partition coefficient (Wildman–Crippen LogP) is 2.47. The van der Waals surface area contributed by atoms with Crippen LogP contribution in [-0.2, 0) is 13.0 Å². The third-order valence-electron chi connectivity index (χ3n) is 2.48. The van der Waals surface area contributed by atoms with Crippen molar-refractivity contribution in [1.82, 2.24) is 4.90 Å². The lowest BCUT2D eigenvalue weighted by Crippen LogP contribution is -2.26. The monoisotopic (exact) mass is 199 g/mol. The van der Waals surface area contributed by atoms with Crippen molar-refractivity contribution < 1.29 is 4.39 Å². The van der Waals surface area contributed by atoms with E-state index in [1.165, 1.54) is 6.07 Å². The maximum absolute atomic E-state index is 13.1. The number of nitrogens with zero attached hydrogens (tertiary/aromatic N) is 1. The largest absolute Gasteiger partial charge is 0.302 e. The second-order valence-corrected chi connectivity index (χ2v) is 3.86. The maximum atomic E-state index is 13.1. The zero-order valence-electron chi connectivity index (χ0n) is 7.48. The van der Waals surface area contributed by atoms with Crippen LogP contribution in [0.4, 0.5) is 4.39 Å². The van der Waals surface area contributed by atoms with Gasteiger partial charge in [-0.25, -0.2) is 4.39 Å². The van der Waals surface area contributed by atoms with Crippen LogP contribution in [0, 0.1) is 5.82 Å². The van der Waals surface area contributed by atoms with Crippen LogP contribution < -0.4 is 0 Å². The topological polar surface area (TPSA) is 3.24 Å². The Morgan fingerprint density at radius 3 is 3.00 bits per heavy atom. The molecule has 0 fully saturated rings. The molecule has 0 saturated heterocycles. The van der Waals surface area contributed by atoms with Gasteiger partial charge < -0.3 is 4.90 Å². The van der Waals surface area contributed by atoms with Crippen molar-refractivity contribution in [3.05, 3.63) is 34.1 Å². The number of rotatable bonds is 0. The molecule has 0 saturated carbocycles. The van der Waals surface area contributed by atoms with Crippen LogP contribution in [0.1, 0.15) is 11.1 Å². The summed E-state index contributed by atoms with van der Waals surface area (Å²) in [5.41, 5.74) is 2.14. The average molecular weight is 200 g/mol. The fourth-order valence-electron chi connectivity index (χ4n) is 1.72. The minimum Gasteiger partial charge on any atom is -0.302 e. The molecule has 3 heteroatoms. The van der Waals surface area contributed by atoms with Gasteiger partial charge in [-0.2, -0.15) is 0 Å². The zero-order valence-corrected chi connectivity index (χ0v) is 8.24. The molecular weight excluding hydrogens is 189 g/mol. The Morgan fingerprint density at radius 1 is 1.46 bits per heavy atom. The molecule has 0 atom stereocenters. The Labute approximate surface area is 82.1 Å². The first-order chi connectivity index (χ1) is 6.18. The Kier molecular flexibility index (Phi) is 2.26. The first-order valence-electron chi connectivity index (χ1n) is 4.33. The van der Waals surface area contributed by atoms with Crippen LogP contribution in [0.25, 0.3) is 0 Å². The normalized spacial score (nSPS) is 17.2. The maximum Gasteiger partial charge on any atom is 0.142 e. The Hall–Kier alpha value is -0.600. The van der Waals surface area contributed by atoms with Crippen molar-refractivity contribution >= 4 is 11.6 Å². The van der Waals surface area contributed by atoms with Crippen molar-refractivity contribution in [1.29, 1.82) is 0 Å². The molecule has 1 aromatic rings. The van der Waals surface area contributed by atoms with Crippen molar-refractivity contribution in [2.45, 2.75) is 13.0 Å². The lowest BCUT2D eigenvalue weighted by atomic mass is 10.00. The lowest BCUT2D eigenvalue weighted by Gasteiger charge is -2.25. The van der Waals surface area contributed by atoms with Crippen LogP contribution in [0.2, 0.25) is 5.02 Å². The Bertz CT molecular complexity index is 338. The minimum atomic E-state index is -0.301. The van der Waals surface area contributed by atoms with Crippen molar-refractivity contribution in [2.75, 3.05) is 13.6 Å². The molecule has 1 aliphatic rings. The highest BCUT2D eigenvalue weighted by Gasteiger charge is 2.17. The highest BCUT2D eigenvalue weighted by atomic mass is 35.5. The van der Waals surface area contributed by atoms with Gasteiger partial charge in [0.25, 0.3) is 0 Å². The number of hydrogen-bond donors (Lipinski definition) is 0. The SMILES string of the molecule is CN1CCc2c(ccc(F)c2Cl)C1. The quantitative estimate of drug-likeness (QED) is 0.621. The van der Waals surface area contributed by atoms with Gasteiger partial charge in [0.05, 0.1) is 5.02 Å². The number of likely N-dealkylation sites (N-methyl/N-ethyl adjacent to an activating group) is 1. The highest BCUT2D eigenvalue weighted by molar-refractivity contribution is 6.31. The number of benzene rings is 1. The van der Waals surface area contributed by atoms with E-state index in [9.17, 15) is 4.39 Å². The van der Waals surface area contributed by atoms with Crippen LogP contribution in [0.5, 0.6) is 0 Å². The summed E-state index contributed by atoms with van der Waals surface area (Å²) in [7, 11) is 2.06. The van der Waals surface area contributed by atoms with E-state index in [1.807, 2.05) is 6.07 Å². The number of fused-ring (bicyclic) bond motifs is 1. The standard InChI is InChI=1S/C10H11ClFN/c1-13-5-4-8-7(6-13)2-3-9(12)10(8)11/h2-3H,4-6H2,1H3. The molecule has 1 aliphatic heterocycles. The van der Waals surface area contributed by atoms with E-state index >= 15 is 0 Å². The van der Waals surface area contributed by atoms with Gasteiger partial charge in [0, 0.05) is 13.1 Å². The first-order valence-corrected chi connectivity index (χ1v) is 4.70. The van der Waals surface area contributed by atoms with Crippen LogP contribution in [0.15, 0.2) is 12.1 Å². The van der Waals surface area contributed by atoms with Gasteiger partial charge in [0.2, 0.25) is 0 Å². The van der Waals surface area contributed by atoms with Gasteiger partial charge in [-0.3, -0.25) is 0 Å². The summed E-state index contributed by atoms with van der Waals surface area (Å²) in [4.78, 5) is 2.20. The molecule has 1 nitrogen and oxygen atoms in total. The minimum absolute atomic E-state index is 0.301. The predicted molar refractivity (Wildman–Crippen MR) is 51.4 cm³/mol. The molecule has 2 rings (SSSR count). The molecule has 0 aliphatic carbocycles. The van der Waals surface area contributed by atoms with Gasteiger partial charge in [-0.15, -0.1) is 0 Å². The third-order valence-corrected chi connectivity index (χ3v) is 2.89. The molecule has 0 bridgehead atoms. The molecule has 70 valence electrons. The Morgan fingerprint density at radius 2 is 2.23 bits per heavy atom. The summed E-state index contributed by atoms with van der Waals surface area (Å²) in [5.74, 6) is -0.301. The summed E-state index contributed by atoms with van der Waals surface area (Å²) in [5, 5.41) is 0.311. The molecule has 0 spiro atoms. The smallest absolute Gasteiger partial charge is 0.142 e. The van der Waals surface area contributed by atoms with Gasteiger partial charge in [0.15, 0.2) is 0 Å². The second-order valence-electron chi connectivity index (χ2n) is 3.49. The van der Waals surface area contributed by atoms with E-state index < -0.39 is 0 Å². The molecule has 13 heavy (non-hydrogen) atoms. The second kappa shape index (κ2) is 3.28. The number of hydrogen-bond acceptors (Lipinski definition) is 1.